The number of aliphatic hydroxyl groups is 1. The van der Waals surface area contributed by atoms with Crippen molar-refractivity contribution in [1.82, 2.24) is 4.90 Å². The van der Waals surface area contributed by atoms with Gasteiger partial charge in [-0.3, -0.25) is 9.59 Å². The predicted octanol–water partition coefficient (Wildman–Crippen LogP) is 0.493. The number of carbonyl (C=O) groups excluding carboxylic acids is 1. The highest BCUT2D eigenvalue weighted by molar-refractivity contribution is 5.87. The van der Waals surface area contributed by atoms with Crippen LogP contribution >= 0.6 is 0 Å². The van der Waals surface area contributed by atoms with Crippen LogP contribution < -0.4 is 0 Å². The zero-order valence-corrected chi connectivity index (χ0v) is 11.0. The zero-order chi connectivity index (χ0) is 13.8. The third-order valence-corrected chi connectivity index (χ3v) is 4.79. The van der Waals surface area contributed by atoms with Crippen LogP contribution in [0.3, 0.4) is 0 Å². The first-order chi connectivity index (χ1) is 8.89. The Labute approximate surface area is 111 Å². The van der Waals surface area contributed by atoms with Gasteiger partial charge in [0.05, 0.1) is 17.4 Å². The number of fused-ring (bicyclic) bond motifs is 2. The second-order valence-corrected chi connectivity index (χ2v) is 6.34. The van der Waals surface area contributed by atoms with E-state index in [9.17, 15) is 19.8 Å². The van der Waals surface area contributed by atoms with Crippen LogP contribution in [0.4, 0.5) is 0 Å². The molecule has 1 aliphatic heterocycles. The second-order valence-electron chi connectivity index (χ2n) is 6.34. The molecule has 2 aliphatic carbocycles. The van der Waals surface area contributed by atoms with Crippen molar-refractivity contribution >= 4 is 11.9 Å². The molecule has 5 heteroatoms. The van der Waals surface area contributed by atoms with E-state index < -0.39 is 23.4 Å². The lowest BCUT2D eigenvalue weighted by Gasteiger charge is -2.28. The van der Waals surface area contributed by atoms with Gasteiger partial charge in [-0.1, -0.05) is 12.2 Å². The SMILES string of the molecule is CC1(O)CCN(C(=O)[C@H]2C3C=CC(C3)[C@H]2C(=O)O)C1. The molecule has 0 aromatic rings. The van der Waals surface area contributed by atoms with E-state index in [1.165, 1.54) is 0 Å². The van der Waals surface area contributed by atoms with Crippen LogP contribution in [0, 0.1) is 23.7 Å². The number of β-amino-alcohol motifs (C(OH)–C–C–N with tert-alkyl or cyclic N) is 1. The maximum atomic E-state index is 12.6. The molecule has 3 aliphatic rings. The molecule has 1 amide bonds. The molecule has 0 spiro atoms. The molecule has 5 atom stereocenters. The molecule has 19 heavy (non-hydrogen) atoms. The molecule has 1 saturated heterocycles. The van der Waals surface area contributed by atoms with Crippen molar-refractivity contribution < 1.29 is 19.8 Å². The lowest BCUT2D eigenvalue weighted by molar-refractivity contribution is -0.150. The molecule has 2 bridgehead atoms. The molecule has 3 unspecified atom stereocenters. The Kier molecular flexibility index (Phi) is 2.71. The molecule has 2 fully saturated rings. The van der Waals surface area contributed by atoms with Gasteiger partial charge in [0.2, 0.25) is 5.91 Å². The molecule has 1 heterocycles. The first-order valence-corrected chi connectivity index (χ1v) is 6.81. The number of amides is 1. The zero-order valence-electron chi connectivity index (χ0n) is 11.0. The summed E-state index contributed by atoms with van der Waals surface area (Å²) in [5.74, 6) is -1.94. The number of rotatable bonds is 2. The average molecular weight is 265 g/mol. The summed E-state index contributed by atoms with van der Waals surface area (Å²) in [7, 11) is 0. The van der Waals surface area contributed by atoms with Gasteiger partial charge in [-0.15, -0.1) is 0 Å². The van der Waals surface area contributed by atoms with E-state index in [0.29, 0.717) is 19.5 Å². The van der Waals surface area contributed by atoms with Crippen LogP contribution in [0.15, 0.2) is 12.2 Å². The highest BCUT2D eigenvalue weighted by atomic mass is 16.4. The summed E-state index contributed by atoms with van der Waals surface area (Å²) in [4.78, 5) is 25.6. The van der Waals surface area contributed by atoms with Crippen LogP contribution in [-0.4, -0.2) is 45.7 Å². The van der Waals surface area contributed by atoms with Crippen molar-refractivity contribution in [2.45, 2.75) is 25.4 Å². The van der Waals surface area contributed by atoms with Gasteiger partial charge in [-0.05, 0) is 31.6 Å². The fourth-order valence-electron chi connectivity index (χ4n) is 3.84. The molecule has 0 radical (unpaired) electrons. The van der Waals surface area contributed by atoms with Crippen LogP contribution in [0.1, 0.15) is 19.8 Å². The van der Waals surface area contributed by atoms with Crippen LogP contribution in [0.5, 0.6) is 0 Å². The van der Waals surface area contributed by atoms with E-state index in [4.69, 9.17) is 0 Å². The third kappa shape index (κ3) is 1.96. The minimum atomic E-state index is -0.874. The normalized spacial score (nSPS) is 44.0. The van der Waals surface area contributed by atoms with Crippen molar-refractivity contribution in [3.05, 3.63) is 12.2 Å². The van der Waals surface area contributed by atoms with Crippen molar-refractivity contribution in [3.63, 3.8) is 0 Å². The van der Waals surface area contributed by atoms with E-state index in [-0.39, 0.29) is 17.7 Å². The van der Waals surface area contributed by atoms with E-state index in [2.05, 4.69) is 0 Å². The molecule has 0 aromatic heterocycles. The summed E-state index contributed by atoms with van der Waals surface area (Å²) >= 11 is 0. The minimum absolute atomic E-state index is 0.000404. The van der Waals surface area contributed by atoms with Gasteiger partial charge in [-0.25, -0.2) is 0 Å². The monoisotopic (exact) mass is 265 g/mol. The topological polar surface area (TPSA) is 77.8 Å². The van der Waals surface area contributed by atoms with E-state index >= 15 is 0 Å². The minimum Gasteiger partial charge on any atom is -0.481 e. The molecular formula is C14H19NO4. The first kappa shape index (κ1) is 12.7. The largest absolute Gasteiger partial charge is 0.481 e. The van der Waals surface area contributed by atoms with Gasteiger partial charge in [0.1, 0.15) is 0 Å². The number of aliphatic carboxylic acids is 1. The van der Waals surface area contributed by atoms with Crippen LogP contribution in [0.2, 0.25) is 0 Å². The molecule has 5 nitrogen and oxygen atoms in total. The van der Waals surface area contributed by atoms with Gasteiger partial charge in [0, 0.05) is 13.1 Å². The van der Waals surface area contributed by atoms with Gasteiger partial charge in [-0.2, -0.15) is 0 Å². The van der Waals surface area contributed by atoms with Gasteiger partial charge in [0.15, 0.2) is 0 Å². The van der Waals surface area contributed by atoms with Crippen LogP contribution in [0.25, 0.3) is 0 Å². The third-order valence-electron chi connectivity index (χ3n) is 4.79. The summed E-state index contributed by atoms with van der Waals surface area (Å²) < 4.78 is 0. The fraction of sp³-hybridized carbons (Fsp3) is 0.714. The lowest BCUT2D eigenvalue weighted by Crippen LogP contribution is -2.43. The quantitative estimate of drug-likeness (QED) is 0.712. The number of nitrogens with zero attached hydrogens (tertiary/aromatic N) is 1. The van der Waals surface area contributed by atoms with Crippen molar-refractivity contribution in [2.24, 2.45) is 23.7 Å². The summed E-state index contributed by atoms with van der Waals surface area (Å²) in [5, 5.41) is 19.3. The van der Waals surface area contributed by atoms with Crippen LogP contribution in [-0.2, 0) is 9.59 Å². The average Bonchev–Trinajstić information content (AvgIpc) is 3.00. The number of hydrogen-bond acceptors (Lipinski definition) is 3. The molecule has 2 N–H and O–H groups in total. The Morgan fingerprint density at radius 1 is 1.26 bits per heavy atom. The van der Waals surface area contributed by atoms with Gasteiger partial charge >= 0.3 is 5.97 Å². The molecular weight excluding hydrogens is 246 g/mol. The molecule has 104 valence electrons. The van der Waals surface area contributed by atoms with E-state index in [1.807, 2.05) is 12.2 Å². The second kappa shape index (κ2) is 4.07. The maximum absolute atomic E-state index is 12.6. The molecule has 3 rings (SSSR count). The van der Waals surface area contributed by atoms with E-state index in [0.717, 1.165) is 6.42 Å². The number of allylic oxidation sites excluding steroid dienone is 2. The summed E-state index contributed by atoms with van der Waals surface area (Å²) in [6, 6.07) is 0. The number of likely N-dealkylation sites (tertiary alicyclic amines) is 1. The summed E-state index contributed by atoms with van der Waals surface area (Å²) in [5.41, 5.74) is -0.832. The van der Waals surface area contributed by atoms with Gasteiger partial charge in [0.25, 0.3) is 0 Å². The summed E-state index contributed by atoms with van der Waals surface area (Å²) in [6.45, 7) is 2.56. The maximum Gasteiger partial charge on any atom is 0.307 e. The Morgan fingerprint density at radius 2 is 1.89 bits per heavy atom. The fourth-order valence-corrected chi connectivity index (χ4v) is 3.84. The van der Waals surface area contributed by atoms with E-state index in [1.54, 1.807) is 11.8 Å². The Bertz CT molecular complexity index is 456. The lowest BCUT2D eigenvalue weighted by atomic mass is 9.82. The number of hydrogen-bond donors (Lipinski definition) is 2. The van der Waals surface area contributed by atoms with Crippen molar-refractivity contribution in [1.29, 1.82) is 0 Å². The van der Waals surface area contributed by atoms with Crippen molar-refractivity contribution in [2.75, 3.05) is 13.1 Å². The Hall–Kier alpha value is -1.36. The number of carbonyl (C=O) groups is 2. The summed E-state index contributed by atoms with van der Waals surface area (Å²) in [6.07, 6.45) is 5.26. The smallest absolute Gasteiger partial charge is 0.307 e. The van der Waals surface area contributed by atoms with Gasteiger partial charge < -0.3 is 15.1 Å². The highest BCUT2D eigenvalue weighted by Gasteiger charge is 2.53. The van der Waals surface area contributed by atoms with Crippen molar-refractivity contribution in [3.8, 4) is 0 Å². The number of carboxylic acids is 1. The number of carboxylic acid groups (broad SMARTS) is 1. The standard InChI is InChI=1S/C14H19NO4/c1-14(19)4-5-15(7-14)12(16)10-8-2-3-9(6-8)11(10)13(17)18/h2-3,8-11,19H,4-7H2,1H3,(H,17,18)/t8?,9?,10-,11+,14?/m0/s1. The first-order valence-electron chi connectivity index (χ1n) is 6.81. The predicted molar refractivity (Wildman–Crippen MR) is 67.2 cm³/mol. The molecule has 1 saturated carbocycles. The highest BCUT2D eigenvalue weighted by Crippen LogP contribution is 2.49. The molecule has 0 aromatic carbocycles. The Morgan fingerprint density at radius 3 is 2.42 bits per heavy atom. The Balaban J connectivity index is 1.80.